The van der Waals surface area contributed by atoms with Gasteiger partial charge in [0, 0.05) is 13.1 Å². The van der Waals surface area contributed by atoms with E-state index in [1.807, 2.05) is 0 Å². The van der Waals surface area contributed by atoms with Gasteiger partial charge in [-0.05, 0) is 24.5 Å². The fourth-order valence-corrected chi connectivity index (χ4v) is 4.04. The van der Waals surface area contributed by atoms with E-state index in [2.05, 4.69) is 4.99 Å². The third-order valence-corrected chi connectivity index (χ3v) is 5.34. The molecule has 0 aliphatic carbocycles. The Morgan fingerprint density at radius 2 is 1.76 bits per heavy atom. The minimum absolute atomic E-state index is 0. The molecule has 0 bridgehead atoms. The molecule has 0 aromatic heterocycles. The van der Waals surface area contributed by atoms with Crippen molar-refractivity contribution in [1.29, 1.82) is 0 Å². The summed E-state index contributed by atoms with van der Waals surface area (Å²) < 4.78 is 26.9. The van der Waals surface area contributed by atoms with Crippen LogP contribution in [0.5, 0.6) is 0 Å². The van der Waals surface area contributed by atoms with Crippen LogP contribution in [-0.2, 0) is 16.6 Å². The molecule has 118 valence electrons. The smallest absolute Gasteiger partial charge is 0.243 e. The highest BCUT2D eigenvalue weighted by Gasteiger charge is 2.27. The van der Waals surface area contributed by atoms with Gasteiger partial charge in [-0.2, -0.15) is 4.31 Å². The van der Waals surface area contributed by atoms with Crippen LogP contribution in [0.25, 0.3) is 0 Å². The third kappa shape index (κ3) is 4.55. The average molecular weight is 424 g/mol. The van der Waals surface area contributed by atoms with Crippen LogP contribution >= 0.6 is 24.0 Å². The first-order chi connectivity index (χ1) is 9.51. The van der Waals surface area contributed by atoms with Gasteiger partial charge < -0.3 is 11.5 Å². The molecule has 1 fully saturated rings. The molecule has 1 aromatic rings. The van der Waals surface area contributed by atoms with Gasteiger partial charge >= 0.3 is 0 Å². The number of nitrogens with two attached hydrogens (primary N) is 2. The molecule has 2 rings (SSSR count). The van der Waals surface area contributed by atoms with Gasteiger partial charge in [-0.15, -0.1) is 24.0 Å². The number of nitrogens with zero attached hydrogens (tertiary/aromatic N) is 2. The molecule has 1 saturated heterocycles. The zero-order chi connectivity index (χ0) is 14.6. The Hall–Kier alpha value is -0.870. The van der Waals surface area contributed by atoms with E-state index >= 15 is 0 Å². The highest BCUT2D eigenvalue weighted by Crippen LogP contribution is 2.23. The van der Waals surface area contributed by atoms with E-state index in [9.17, 15) is 8.42 Å². The molecule has 21 heavy (non-hydrogen) atoms. The summed E-state index contributed by atoms with van der Waals surface area (Å²) in [6.45, 7) is 1.34. The number of halogens is 1. The van der Waals surface area contributed by atoms with E-state index in [0.717, 1.165) is 19.3 Å². The largest absolute Gasteiger partial charge is 0.370 e. The van der Waals surface area contributed by atoms with Crippen LogP contribution in [-0.4, -0.2) is 31.8 Å². The van der Waals surface area contributed by atoms with Gasteiger partial charge in [-0.25, -0.2) is 13.4 Å². The minimum Gasteiger partial charge on any atom is -0.370 e. The fourth-order valence-electron chi connectivity index (χ4n) is 2.31. The summed E-state index contributed by atoms with van der Waals surface area (Å²) in [5, 5.41) is 0. The van der Waals surface area contributed by atoms with Gasteiger partial charge in [0.2, 0.25) is 10.0 Å². The molecule has 8 heteroatoms. The molecule has 1 heterocycles. The number of hydrogen-bond donors (Lipinski definition) is 2. The first-order valence-electron chi connectivity index (χ1n) is 6.65. The van der Waals surface area contributed by atoms with Crippen molar-refractivity contribution in [2.45, 2.75) is 30.7 Å². The number of sulfonamides is 1. The second-order valence-electron chi connectivity index (χ2n) is 4.81. The number of rotatable bonds is 4. The van der Waals surface area contributed by atoms with Gasteiger partial charge in [-0.1, -0.05) is 24.6 Å². The molecule has 1 aromatic carbocycles. The normalized spacial score (nSPS) is 16.0. The summed E-state index contributed by atoms with van der Waals surface area (Å²) in [5.74, 6) is -0.0461. The lowest BCUT2D eigenvalue weighted by atomic mass is 10.2. The summed E-state index contributed by atoms with van der Waals surface area (Å²) in [4.78, 5) is 4.20. The monoisotopic (exact) mass is 424 g/mol. The van der Waals surface area contributed by atoms with Gasteiger partial charge in [0.15, 0.2) is 5.96 Å². The lowest BCUT2D eigenvalue weighted by Gasteiger charge is -2.26. The highest BCUT2D eigenvalue weighted by atomic mass is 127. The lowest BCUT2D eigenvalue weighted by molar-refractivity contribution is 0.346. The van der Waals surface area contributed by atoms with E-state index in [1.165, 1.54) is 0 Å². The number of piperidine rings is 1. The maximum absolute atomic E-state index is 12.7. The van der Waals surface area contributed by atoms with Gasteiger partial charge in [0.25, 0.3) is 0 Å². The van der Waals surface area contributed by atoms with Crippen LogP contribution in [0.2, 0.25) is 0 Å². The molecular formula is C13H21IN4O2S. The molecule has 0 unspecified atom stereocenters. The number of aliphatic imine (C=N–C) groups is 1. The van der Waals surface area contributed by atoms with E-state index in [4.69, 9.17) is 11.5 Å². The zero-order valence-corrected chi connectivity index (χ0v) is 14.9. The molecule has 0 radical (unpaired) electrons. The SMILES string of the molecule is I.NC(N)=NCc1ccccc1S(=O)(=O)N1CCCCC1. The van der Waals surface area contributed by atoms with Gasteiger partial charge in [0.1, 0.15) is 0 Å². The standard InChI is InChI=1S/C13H20N4O2S.HI/c14-13(15)16-10-11-6-2-3-7-12(11)20(18,19)17-8-4-1-5-9-17;/h2-3,6-7H,1,4-5,8-10H2,(H4,14,15,16);1H. The van der Waals surface area contributed by atoms with Crippen molar-refractivity contribution in [1.82, 2.24) is 4.31 Å². The molecule has 4 N–H and O–H groups in total. The van der Waals surface area contributed by atoms with Crippen LogP contribution in [0, 0.1) is 0 Å². The molecule has 0 atom stereocenters. The van der Waals surface area contributed by atoms with Crippen molar-refractivity contribution in [3.05, 3.63) is 29.8 Å². The third-order valence-electron chi connectivity index (χ3n) is 3.34. The highest BCUT2D eigenvalue weighted by molar-refractivity contribution is 14.0. The fraction of sp³-hybridized carbons (Fsp3) is 0.462. The average Bonchev–Trinajstić information content (AvgIpc) is 2.46. The molecule has 0 amide bonds. The van der Waals surface area contributed by atoms with E-state index < -0.39 is 10.0 Å². The Bertz CT molecular complexity index is 594. The second-order valence-corrected chi connectivity index (χ2v) is 6.72. The van der Waals surface area contributed by atoms with Crippen molar-refractivity contribution in [3.8, 4) is 0 Å². The molecule has 6 nitrogen and oxygen atoms in total. The number of guanidine groups is 1. The first kappa shape index (κ1) is 18.2. The molecule has 1 aliphatic rings. The minimum atomic E-state index is -3.46. The first-order valence-corrected chi connectivity index (χ1v) is 8.09. The van der Waals surface area contributed by atoms with Crippen LogP contribution < -0.4 is 11.5 Å². The van der Waals surface area contributed by atoms with Crippen molar-refractivity contribution in [2.24, 2.45) is 16.5 Å². The number of benzene rings is 1. The van der Waals surface area contributed by atoms with E-state index in [0.29, 0.717) is 23.5 Å². The van der Waals surface area contributed by atoms with E-state index in [-0.39, 0.29) is 36.5 Å². The summed E-state index contributed by atoms with van der Waals surface area (Å²) in [6.07, 6.45) is 2.91. The maximum atomic E-state index is 12.7. The van der Waals surface area contributed by atoms with Crippen LogP contribution in [0.3, 0.4) is 0 Å². The predicted octanol–water partition coefficient (Wildman–Crippen LogP) is 1.25. The maximum Gasteiger partial charge on any atom is 0.243 e. The number of hydrogen-bond acceptors (Lipinski definition) is 3. The van der Waals surface area contributed by atoms with Crippen LogP contribution in [0.4, 0.5) is 0 Å². The molecule has 0 saturated carbocycles. The summed E-state index contributed by atoms with van der Waals surface area (Å²) >= 11 is 0. The molecule has 0 spiro atoms. The predicted molar refractivity (Wildman–Crippen MR) is 94.0 cm³/mol. The van der Waals surface area contributed by atoms with Gasteiger partial charge in [-0.3, -0.25) is 0 Å². The van der Waals surface area contributed by atoms with Crippen molar-refractivity contribution >= 4 is 40.0 Å². The van der Waals surface area contributed by atoms with Crippen LogP contribution in [0.1, 0.15) is 24.8 Å². The Morgan fingerprint density at radius 1 is 1.14 bits per heavy atom. The summed E-state index contributed by atoms with van der Waals surface area (Å²) in [6, 6.07) is 6.85. The topological polar surface area (TPSA) is 102 Å². The van der Waals surface area contributed by atoms with E-state index in [1.54, 1.807) is 28.6 Å². The second kappa shape index (κ2) is 7.95. The Morgan fingerprint density at radius 3 is 2.38 bits per heavy atom. The quantitative estimate of drug-likeness (QED) is 0.432. The van der Waals surface area contributed by atoms with Crippen molar-refractivity contribution < 1.29 is 8.42 Å². The van der Waals surface area contributed by atoms with Crippen molar-refractivity contribution in [3.63, 3.8) is 0 Å². The summed E-state index contributed by atoms with van der Waals surface area (Å²) in [7, 11) is -3.46. The molecular weight excluding hydrogens is 403 g/mol. The Balaban J connectivity index is 0.00000220. The Kier molecular flexibility index (Phi) is 6.88. The Labute approximate surface area is 142 Å². The lowest BCUT2D eigenvalue weighted by Crippen LogP contribution is -2.36. The van der Waals surface area contributed by atoms with Crippen molar-refractivity contribution in [2.75, 3.05) is 13.1 Å². The zero-order valence-electron chi connectivity index (χ0n) is 11.7. The van der Waals surface area contributed by atoms with Crippen LogP contribution in [0.15, 0.2) is 34.2 Å². The molecule has 1 aliphatic heterocycles. The summed E-state index contributed by atoms with van der Waals surface area (Å²) in [5.41, 5.74) is 11.2. The van der Waals surface area contributed by atoms with Gasteiger partial charge in [0.05, 0.1) is 11.4 Å².